The van der Waals surface area contributed by atoms with Gasteiger partial charge in [0.25, 0.3) is 5.91 Å². The van der Waals surface area contributed by atoms with E-state index < -0.39 is 0 Å². The van der Waals surface area contributed by atoms with E-state index in [0.717, 1.165) is 17.5 Å². The number of carbonyl (C=O) groups excluding carboxylic acids is 1. The number of fused-ring (bicyclic) bond motifs is 1. The number of carbonyl (C=O) groups is 1. The Morgan fingerprint density at radius 3 is 2.85 bits per heavy atom. The van der Waals surface area contributed by atoms with Gasteiger partial charge in [0.1, 0.15) is 0 Å². The molecule has 0 radical (unpaired) electrons. The topological polar surface area (TPSA) is 56.1 Å². The van der Waals surface area contributed by atoms with Gasteiger partial charge in [0.05, 0.1) is 21.6 Å². The molecular weight excluding hydrogens is 373 g/mol. The maximum absolute atomic E-state index is 12.7. The number of rotatable bonds is 7. The van der Waals surface area contributed by atoms with Crippen molar-refractivity contribution in [2.45, 2.75) is 19.9 Å². The van der Waals surface area contributed by atoms with Crippen LogP contribution in [0.25, 0.3) is 11.0 Å². The Morgan fingerprint density at radius 1 is 1.23 bits per heavy atom. The lowest BCUT2D eigenvalue weighted by molar-refractivity contribution is 0.102. The minimum absolute atomic E-state index is 0.312. The lowest BCUT2D eigenvalue weighted by atomic mass is 10.2. The van der Waals surface area contributed by atoms with Gasteiger partial charge in [0, 0.05) is 24.8 Å². The normalized spacial score (nSPS) is 11.0. The van der Waals surface area contributed by atoms with Gasteiger partial charge < -0.3 is 9.30 Å². The lowest BCUT2D eigenvalue weighted by Crippen LogP contribution is -2.17. The number of nitrogens with one attached hydrogen (secondary N) is 1. The second kappa shape index (κ2) is 8.54. The van der Waals surface area contributed by atoms with Crippen LogP contribution in [0.2, 0.25) is 10.0 Å². The highest BCUT2D eigenvalue weighted by Crippen LogP contribution is 2.24. The van der Waals surface area contributed by atoms with E-state index >= 15 is 0 Å². The number of nitrogens with zero attached hydrogens (tertiary/aromatic N) is 2. The molecule has 0 saturated carbocycles. The van der Waals surface area contributed by atoms with Gasteiger partial charge in [-0.1, -0.05) is 35.3 Å². The molecule has 3 rings (SSSR count). The summed E-state index contributed by atoms with van der Waals surface area (Å²) in [7, 11) is 0. The van der Waals surface area contributed by atoms with Crippen LogP contribution in [0.4, 0.5) is 5.95 Å². The molecule has 7 heteroatoms. The Bertz CT molecular complexity index is 924. The third kappa shape index (κ3) is 4.18. The first-order valence-corrected chi connectivity index (χ1v) is 9.15. The highest BCUT2D eigenvalue weighted by Gasteiger charge is 2.16. The maximum Gasteiger partial charge on any atom is 0.259 e. The molecule has 1 N–H and O–H groups in total. The fourth-order valence-electron chi connectivity index (χ4n) is 2.71. The van der Waals surface area contributed by atoms with Crippen molar-refractivity contribution in [2.24, 2.45) is 0 Å². The molecule has 5 nitrogen and oxygen atoms in total. The van der Waals surface area contributed by atoms with Crippen molar-refractivity contribution < 1.29 is 9.53 Å². The summed E-state index contributed by atoms with van der Waals surface area (Å²) in [5.74, 6) is 0.127. The van der Waals surface area contributed by atoms with Crippen LogP contribution >= 0.6 is 23.2 Å². The summed E-state index contributed by atoms with van der Waals surface area (Å²) in [5, 5.41) is 3.64. The molecule has 0 atom stereocenters. The molecule has 0 unspecified atom stereocenters. The first-order valence-electron chi connectivity index (χ1n) is 8.39. The lowest BCUT2D eigenvalue weighted by Gasteiger charge is -2.11. The van der Waals surface area contributed by atoms with Crippen molar-refractivity contribution >= 4 is 46.1 Å². The highest BCUT2D eigenvalue weighted by atomic mass is 35.5. The Labute approximate surface area is 161 Å². The maximum atomic E-state index is 12.7. The Hall–Kier alpha value is -2.08. The fourth-order valence-corrected chi connectivity index (χ4v) is 3.08. The largest absolute Gasteiger partial charge is 0.382 e. The summed E-state index contributed by atoms with van der Waals surface area (Å²) in [5.41, 5.74) is 2.08. The molecule has 1 aromatic heterocycles. The van der Waals surface area contributed by atoms with Crippen LogP contribution in [-0.4, -0.2) is 28.7 Å². The van der Waals surface area contributed by atoms with E-state index in [4.69, 9.17) is 27.9 Å². The van der Waals surface area contributed by atoms with Crippen molar-refractivity contribution in [1.82, 2.24) is 9.55 Å². The summed E-state index contributed by atoms with van der Waals surface area (Å²) < 4.78 is 7.39. The molecule has 0 aliphatic heterocycles. The average Bonchev–Trinajstić information content (AvgIpc) is 2.98. The third-order valence-electron chi connectivity index (χ3n) is 3.93. The summed E-state index contributed by atoms with van der Waals surface area (Å²) in [4.78, 5) is 17.2. The molecule has 0 spiro atoms. The Balaban J connectivity index is 1.88. The van der Waals surface area contributed by atoms with Crippen LogP contribution in [0, 0.1) is 0 Å². The number of hydrogen-bond acceptors (Lipinski definition) is 3. The molecule has 0 bridgehead atoms. The van der Waals surface area contributed by atoms with Gasteiger partial charge in [0.2, 0.25) is 5.95 Å². The van der Waals surface area contributed by atoms with Crippen molar-refractivity contribution in [1.29, 1.82) is 0 Å². The fraction of sp³-hybridized carbons (Fsp3) is 0.263. The standard InChI is InChI=1S/C19H19Cl2N3O2/c1-2-26-11-5-10-24-17-7-4-3-6-16(17)22-19(24)23-18(25)14-12-13(20)8-9-15(14)21/h3-4,6-9,12H,2,5,10-11H2,1H3,(H,22,23,25). The van der Waals surface area contributed by atoms with Crippen LogP contribution < -0.4 is 5.32 Å². The van der Waals surface area contributed by atoms with Gasteiger partial charge in [-0.05, 0) is 43.7 Å². The van der Waals surface area contributed by atoms with E-state index in [-0.39, 0.29) is 5.91 Å². The highest BCUT2D eigenvalue weighted by molar-refractivity contribution is 6.36. The number of imidazole rings is 1. The second-order valence-electron chi connectivity index (χ2n) is 5.70. The monoisotopic (exact) mass is 391 g/mol. The number of benzene rings is 2. The third-order valence-corrected chi connectivity index (χ3v) is 4.49. The molecule has 3 aromatic rings. The number of amides is 1. The van der Waals surface area contributed by atoms with E-state index in [1.54, 1.807) is 18.2 Å². The number of anilines is 1. The number of aromatic nitrogens is 2. The predicted octanol–water partition coefficient (Wildman–Crippen LogP) is 5.02. The molecule has 2 aromatic carbocycles. The summed E-state index contributed by atoms with van der Waals surface area (Å²) in [6, 6.07) is 12.5. The van der Waals surface area contributed by atoms with E-state index in [9.17, 15) is 4.79 Å². The molecular formula is C19H19Cl2N3O2. The number of hydrogen-bond donors (Lipinski definition) is 1. The van der Waals surface area contributed by atoms with Crippen LogP contribution in [0.3, 0.4) is 0 Å². The van der Waals surface area contributed by atoms with Gasteiger partial charge >= 0.3 is 0 Å². The molecule has 136 valence electrons. The number of para-hydroxylation sites is 2. The molecule has 0 saturated heterocycles. The SMILES string of the molecule is CCOCCCn1c(NC(=O)c2cc(Cl)ccc2Cl)nc2ccccc21. The van der Waals surface area contributed by atoms with Gasteiger partial charge in [-0.15, -0.1) is 0 Å². The van der Waals surface area contributed by atoms with Crippen molar-refractivity contribution in [3.63, 3.8) is 0 Å². The number of ether oxygens (including phenoxy) is 1. The molecule has 26 heavy (non-hydrogen) atoms. The van der Waals surface area contributed by atoms with Crippen LogP contribution in [-0.2, 0) is 11.3 Å². The summed E-state index contributed by atoms with van der Waals surface area (Å²) in [6.45, 7) is 3.98. The van der Waals surface area contributed by atoms with E-state index in [0.29, 0.717) is 41.3 Å². The van der Waals surface area contributed by atoms with Gasteiger partial charge in [-0.25, -0.2) is 4.98 Å². The quantitative estimate of drug-likeness (QED) is 0.575. The van der Waals surface area contributed by atoms with Crippen molar-refractivity contribution in [2.75, 3.05) is 18.5 Å². The molecule has 0 aliphatic rings. The molecule has 1 amide bonds. The van der Waals surface area contributed by atoms with Gasteiger partial charge in [-0.3, -0.25) is 10.1 Å². The van der Waals surface area contributed by atoms with E-state index in [1.165, 1.54) is 0 Å². The van der Waals surface area contributed by atoms with Crippen LogP contribution in [0.1, 0.15) is 23.7 Å². The average molecular weight is 392 g/mol. The zero-order valence-corrected chi connectivity index (χ0v) is 15.8. The molecule has 1 heterocycles. The molecule has 0 aliphatic carbocycles. The zero-order valence-electron chi connectivity index (χ0n) is 14.3. The number of halogens is 2. The second-order valence-corrected chi connectivity index (χ2v) is 6.55. The smallest absolute Gasteiger partial charge is 0.259 e. The van der Waals surface area contributed by atoms with Gasteiger partial charge in [-0.2, -0.15) is 0 Å². The van der Waals surface area contributed by atoms with Crippen molar-refractivity contribution in [3.05, 3.63) is 58.1 Å². The predicted molar refractivity (Wildman–Crippen MR) is 105 cm³/mol. The Kier molecular flexibility index (Phi) is 6.14. The first kappa shape index (κ1) is 18.7. The first-order chi connectivity index (χ1) is 12.6. The van der Waals surface area contributed by atoms with E-state index in [1.807, 2.05) is 35.8 Å². The number of aryl methyl sites for hydroxylation is 1. The van der Waals surface area contributed by atoms with Crippen LogP contribution in [0.5, 0.6) is 0 Å². The minimum atomic E-state index is -0.348. The summed E-state index contributed by atoms with van der Waals surface area (Å²) >= 11 is 12.1. The summed E-state index contributed by atoms with van der Waals surface area (Å²) in [6.07, 6.45) is 0.814. The minimum Gasteiger partial charge on any atom is -0.382 e. The molecule has 0 fully saturated rings. The van der Waals surface area contributed by atoms with Crippen molar-refractivity contribution in [3.8, 4) is 0 Å². The van der Waals surface area contributed by atoms with Crippen LogP contribution in [0.15, 0.2) is 42.5 Å². The van der Waals surface area contributed by atoms with E-state index in [2.05, 4.69) is 10.3 Å². The van der Waals surface area contributed by atoms with Gasteiger partial charge in [0.15, 0.2) is 0 Å². The Morgan fingerprint density at radius 2 is 2.04 bits per heavy atom. The zero-order chi connectivity index (χ0) is 18.5.